The van der Waals surface area contributed by atoms with E-state index in [9.17, 15) is 9.59 Å². The van der Waals surface area contributed by atoms with E-state index in [0.717, 1.165) is 6.42 Å². The van der Waals surface area contributed by atoms with Gasteiger partial charge >= 0.3 is 5.97 Å². The van der Waals surface area contributed by atoms with Gasteiger partial charge in [0.15, 0.2) is 0 Å². The van der Waals surface area contributed by atoms with Crippen molar-refractivity contribution in [2.45, 2.75) is 26.2 Å². The third-order valence-electron chi connectivity index (χ3n) is 2.43. The maximum absolute atomic E-state index is 11.1. The largest absolute Gasteiger partial charge is 0.466 e. The van der Waals surface area contributed by atoms with E-state index in [1.54, 1.807) is 6.92 Å². The lowest BCUT2D eigenvalue weighted by Crippen LogP contribution is -2.17. The summed E-state index contributed by atoms with van der Waals surface area (Å²) in [5.74, 6) is 0.0515. The Labute approximate surface area is 77.8 Å². The Hall–Kier alpha value is -1.12. The first-order valence-electron chi connectivity index (χ1n) is 4.43. The standard InChI is InChI=1S/C10H14O3/c1-7(11)8-3-5-9(6-4-8)10(12)13-2/h5,8H,3-4,6H2,1-2H3. The molecule has 0 N–H and O–H groups in total. The predicted molar refractivity (Wildman–Crippen MR) is 48.1 cm³/mol. The second-order valence-corrected chi connectivity index (χ2v) is 3.30. The van der Waals surface area contributed by atoms with Gasteiger partial charge in [0.25, 0.3) is 0 Å². The van der Waals surface area contributed by atoms with E-state index >= 15 is 0 Å². The van der Waals surface area contributed by atoms with Crippen molar-refractivity contribution in [1.82, 2.24) is 0 Å². The highest BCUT2D eigenvalue weighted by atomic mass is 16.5. The molecule has 1 atom stereocenters. The average Bonchev–Trinajstić information content (AvgIpc) is 2.17. The van der Waals surface area contributed by atoms with Crippen LogP contribution in [0.25, 0.3) is 0 Å². The van der Waals surface area contributed by atoms with Crippen LogP contribution in [0.5, 0.6) is 0 Å². The number of hydrogen-bond acceptors (Lipinski definition) is 3. The molecule has 0 fully saturated rings. The molecule has 0 radical (unpaired) electrons. The molecule has 0 saturated carbocycles. The van der Waals surface area contributed by atoms with E-state index in [-0.39, 0.29) is 17.7 Å². The van der Waals surface area contributed by atoms with Crippen LogP contribution in [0.4, 0.5) is 0 Å². The molecule has 0 spiro atoms. The minimum absolute atomic E-state index is 0.105. The fourth-order valence-corrected chi connectivity index (χ4v) is 1.52. The van der Waals surface area contributed by atoms with Gasteiger partial charge in [-0.3, -0.25) is 4.79 Å². The summed E-state index contributed by atoms with van der Waals surface area (Å²) >= 11 is 0. The van der Waals surface area contributed by atoms with Gasteiger partial charge in [0.1, 0.15) is 5.78 Å². The average molecular weight is 182 g/mol. The van der Waals surface area contributed by atoms with Crippen LogP contribution in [0, 0.1) is 5.92 Å². The molecule has 72 valence electrons. The zero-order chi connectivity index (χ0) is 9.84. The molecule has 0 aromatic rings. The van der Waals surface area contributed by atoms with E-state index in [1.807, 2.05) is 6.08 Å². The van der Waals surface area contributed by atoms with Crippen molar-refractivity contribution < 1.29 is 14.3 Å². The van der Waals surface area contributed by atoms with Crippen LogP contribution < -0.4 is 0 Å². The zero-order valence-corrected chi connectivity index (χ0v) is 8.00. The molecule has 13 heavy (non-hydrogen) atoms. The monoisotopic (exact) mass is 182 g/mol. The van der Waals surface area contributed by atoms with Crippen LogP contribution >= 0.6 is 0 Å². The molecule has 3 heteroatoms. The lowest BCUT2D eigenvalue weighted by atomic mass is 9.87. The summed E-state index contributed by atoms with van der Waals surface area (Å²) in [6, 6.07) is 0. The van der Waals surface area contributed by atoms with Crippen LogP contribution in [0.1, 0.15) is 26.2 Å². The summed E-state index contributed by atoms with van der Waals surface area (Å²) in [4.78, 5) is 22.1. The Morgan fingerprint density at radius 2 is 2.23 bits per heavy atom. The molecular weight excluding hydrogens is 168 g/mol. The van der Waals surface area contributed by atoms with Crippen molar-refractivity contribution in [3.8, 4) is 0 Å². The summed E-state index contributed by atoms with van der Waals surface area (Å²) in [6.45, 7) is 1.60. The molecule has 0 bridgehead atoms. The summed E-state index contributed by atoms with van der Waals surface area (Å²) in [5, 5.41) is 0. The predicted octanol–water partition coefficient (Wildman–Crippen LogP) is 1.47. The number of hydrogen-bond donors (Lipinski definition) is 0. The van der Waals surface area contributed by atoms with Gasteiger partial charge in [-0.1, -0.05) is 6.08 Å². The topological polar surface area (TPSA) is 43.4 Å². The summed E-state index contributed by atoms with van der Waals surface area (Å²) in [5.41, 5.74) is 0.708. The number of ether oxygens (including phenoxy) is 1. The highest BCUT2D eigenvalue weighted by Crippen LogP contribution is 2.24. The lowest BCUT2D eigenvalue weighted by Gasteiger charge is -2.17. The van der Waals surface area contributed by atoms with Gasteiger partial charge in [-0.05, 0) is 26.2 Å². The number of methoxy groups -OCH3 is 1. The molecule has 1 aliphatic rings. The fraction of sp³-hybridized carbons (Fsp3) is 0.600. The maximum atomic E-state index is 11.1. The smallest absolute Gasteiger partial charge is 0.333 e. The van der Waals surface area contributed by atoms with Crippen LogP contribution in [-0.2, 0) is 14.3 Å². The van der Waals surface area contributed by atoms with Gasteiger partial charge in [0.2, 0.25) is 0 Å². The number of carbonyl (C=O) groups is 2. The summed E-state index contributed by atoms with van der Waals surface area (Å²) in [6.07, 6.45) is 3.94. The van der Waals surface area contributed by atoms with Crippen molar-refractivity contribution in [1.29, 1.82) is 0 Å². The Morgan fingerprint density at radius 1 is 1.54 bits per heavy atom. The molecule has 1 rings (SSSR count). The number of esters is 1. The van der Waals surface area contributed by atoms with E-state index in [0.29, 0.717) is 18.4 Å². The molecule has 3 nitrogen and oxygen atoms in total. The van der Waals surface area contributed by atoms with Gasteiger partial charge in [-0.15, -0.1) is 0 Å². The van der Waals surface area contributed by atoms with Crippen LogP contribution in [0.2, 0.25) is 0 Å². The molecule has 0 aromatic carbocycles. The minimum atomic E-state index is -0.262. The normalized spacial score (nSPS) is 22.0. The van der Waals surface area contributed by atoms with Gasteiger partial charge in [-0.2, -0.15) is 0 Å². The maximum Gasteiger partial charge on any atom is 0.333 e. The molecule has 0 aromatic heterocycles. The number of ketones is 1. The van der Waals surface area contributed by atoms with Crippen molar-refractivity contribution >= 4 is 11.8 Å². The Morgan fingerprint density at radius 3 is 2.62 bits per heavy atom. The van der Waals surface area contributed by atoms with E-state index in [4.69, 9.17) is 0 Å². The molecule has 0 saturated heterocycles. The minimum Gasteiger partial charge on any atom is -0.466 e. The second kappa shape index (κ2) is 4.21. The van der Waals surface area contributed by atoms with Crippen molar-refractivity contribution in [3.63, 3.8) is 0 Å². The van der Waals surface area contributed by atoms with Gasteiger partial charge in [-0.25, -0.2) is 4.79 Å². The number of rotatable bonds is 2. The third kappa shape index (κ3) is 2.41. The lowest BCUT2D eigenvalue weighted by molar-refractivity contribution is -0.136. The molecule has 1 unspecified atom stereocenters. The quantitative estimate of drug-likeness (QED) is 0.607. The first-order valence-corrected chi connectivity index (χ1v) is 4.43. The number of Topliss-reactive ketones (excluding diaryl/α,β-unsaturated/α-hetero) is 1. The highest BCUT2D eigenvalue weighted by Gasteiger charge is 2.21. The third-order valence-corrected chi connectivity index (χ3v) is 2.43. The molecule has 0 heterocycles. The molecule has 1 aliphatic carbocycles. The van der Waals surface area contributed by atoms with Crippen LogP contribution in [0.15, 0.2) is 11.6 Å². The van der Waals surface area contributed by atoms with Crippen LogP contribution in [0.3, 0.4) is 0 Å². The Balaban J connectivity index is 2.57. The van der Waals surface area contributed by atoms with Gasteiger partial charge in [0.05, 0.1) is 7.11 Å². The SMILES string of the molecule is COC(=O)C1=CCC(C(C)=O)CC1. The summed E-state index contributed by atoms with van der Waals surface area (Å²) in [7, 11) is 1.38. The van der Waals surface area contributed by atoms with E-state index in [2.05, 4.69) is 4.74 Å². The first-order chi connectivity index (χ1) is 6.15. The second-order valence-electron chi connectivity index (χ2n) is 3.30. The summed E-state index contributed by atoms with van der Waals surface area (Å²) < 4.78 is 4.59. The van der Waals surface area contributed by atoms with E-state index in [1.165, 1.54) is 7.11 Å². The zero-order valence-electron chi connectivity index (χ0n) is 8.00. The number of carbonyl (C=O) groups excluding carboxylic acids is 2. The molecule has 0 aliphatic heterocycles. The van der Waals surface area contributed by atoms with Crippen molar-refractivity contribution in [3.05, 3.63) is 11.6 Å². The molecule has 0 amide bonds. The van der Waals surface area contributed by atoms with Gasteiger partial charge < -0.3 is 4.74 Å². The fourth-order valence-electron chi connectivity index (χ4n) is 1.52. The first kappa shape index (κ1) is 9.96. The Bertz CT molecular complexity index is 253. The van der Waals surface area contributed by atoms with Crippen molar-refractivity contribution in [2.75, 3.05) is 7.11 Å². The van der Waals surface area contributed by atoms with Crippen molar-refractivity contribution in [2.24, 2.45) is 5.92 Å². The van der Waals surface area contributed by atoms with E-state index < -0.39 is 0 Å². The number of allylic oxidation sites excluding steroid dienone is 1. The Kier molecular flexibility index (Phi) is 3.23. The van der Waals surface area contributed by atoms with Crippen LogP contribution in [-0.4, -0.2) is 18.9 Å². The van der Waals surface area contributed by atoms with Gasteiger partial charge in [0, 0.05) is 11.5 Å². The molecular formula is C10H14O3. The highest BCUT2D eigenvalue weighted by molar-refractivity contribution is 5.89.